The lowest BCUT2D eigenvalue weighted by molar-refractivity contribution is 0.330. The maximum atomic E-state index is 4.09. The van der Waals surface area contributed by atoms with Crippen LogP contribution < -0.4 is 5.32 Å². The van der Waals surface area contributed by atoms with Gasteiger partial charge in [-0.3, -0.25) is 0 Å². The largest absolute Gasteiger partial charge is 0.311 e. The first-order chi connectivity index (χ1) is 6.91. The highest BCUT2D eigenvalue weighted by molar-refractivity contribution is 4.99. The van der Waals surface area contributed by atoms with Crippen LogP contribution in [0.1, 0.15) is 34.1 Å². The summed E-state index contributed by atoms with van der Waals surface area (Å²) in [6, 6.07) is 0.544. The Balaban J connectivity index is 3.57. The molecule has 0 atom stereocenters. The van der Waals surface area contributed by atoms with Crippen molar-refractivity contribution in [1.29, 1.82) is 0 Å². The summed E-state index contributed by atoms with van der Waals surface area (Å²) in [6.45, 7) is 16.1. The number of nitrogens with zero attached hydrogens (tertiary/aromatic N) is 1. The second kappa shape index (κ2) is 7.89. The Morgan fingerprint density at radius 2 is 1.87 bits per heavy atom. The highest BCUT2D eigenvalue weighted by Crippen LogP contribution is 2.02. The van der Waals surface area contributed by atoms with E-state index in [2.05, 4.69) is 51.5 Å². The summed E-state index contributed by atoms with van der Waals surface area (Å²) < 4.78 is 0. The number of hydrogen-bond donors (Lipinski definition) is 1. The predicted octanol–water partition coefficient (Wildman–Crippen LogP) is 2.52. The molecule has 90 valence electrons. The zero-order valence-corrected chi connectivity index (χ0v) is 11.1. The molecule has 0 aliphatic heterocycles. The third-order valence-corrected chi connectivity index (χ3v) is 2.34. The second-order valence-corrected chi connectivity index (χ2v) is 5.21. The second-order valence-electron chi connectivity index (χ2n) is 5.21. The van der Waals surface area contributed by atoms with Crippen LogP contribution in [0, 0.1) is 5.92 Å². The van der Waals surface area contributed by atoms with E-state index in [0.717, 1.165) is 19.0 Å². The molecule has 0 saturated heterocycles. The molecule has 0 heterocycles. The predicted molar refractivity (Wildman–Crippen MR) is 69.2 cm³/mol. The van der Waals surface area contributed by atoms with Gasteiger partial charge in [0.1, 0.15) is 0 Å². The van der Waals surface area contributed by atoms with Crippen LogP contribution in [-0.4, -0.2) is 37.6 Å². The summed E-state index contributed by atoms with van der Waals surface area (Å²) in [6.07, 6.45) is 1.27. The van der Waals surface area contributed by atoms with E-state index in [1.165, 1.54) is 18.5 Å². The van der Waals surface area contributed by atoms with Gasteiger partial charge in [-0.1, -0.05) is 34.3 Å². The van der Waals surface area contributed by atoms with Gasteiger partial charge >= 0.3 is 0 Å². The van der Waals surface area contributed by atoms with Gasteiger partial charge in [-0.2, -0.15) is 0 Å². The Morgan fingerprint density at radius 3 is 2.33 bits per heavy atom. The van der Waals surface area contributed by atoms with Gasteiger partial charge in [0.25, 0.3) is 0 Å². The quantitative estimate of drug-likeness (QED) is 0.622. The van der Waals surface area contributed by atoms with Crippen LogP contribution in [0.2, 0.25) is 0 Å². The van der Waals surface area contributed by atoms with E-state index in [-0.39, 0.29) is 0 Å². The Hall–Kier alpha value is -0.340. The highest BCUT2D eigenvalue weighted by Gasteiger charge is 2.03. The lowest BCUT2D eigenvalue weighted by Gasteiger charge is -2.20. The van der Waals surface area contributed by atoms with Crippen molar-refractivity contribution >= 4 is 0 Å². The van der Waals surface area contributed by atoms with Crippen molar-refractivity contribution in [2.45, 2.75) is 40.2 Å². The number of likely N-dealkylation sites (N-methyl/N-ethyl adjacent to an activating group) is 1. The minimum absolute atomic E-state index is 0.544. The summed E-state index contributed by atoms with van der Waals surface area (Å²) in [5, 5.41) is 3.39. The molecule has 1 N–H and O–H groups in total. The van der Waals surface area contributed by atoms with Gasteiger partial charge in [0.2, 0.25) is 0 Å². The van der Waals surface area contributed by atoms with Crippen molar-refractivity contribution in [2.24, 2.45) is 5.92 Å². The van der Waals surface area contributed by atoms with E-state index in [1.54, 1.807) is 0 Å². The van der Waals surface area contributed by atoms with Gasteiger partial charge in [0.05, 0.1) is 0 Å². The molecule has 0 aliphatic rings. The molecule has 0 radical (unpaired) electrons. The number of nitrogens with one attached hydrogen (secondary N) is 1. The van der Waals surface area contributed by atoms with Crippen LogP contribution in [0.15, 0.2) is 12.2 Å². The molecule has 0 aromatic rings. The van der Waals surface area contributed by atoms with Gasteiger partial charge in [-0.15, -0.1) is 0 Å². The molecule has 2 heteroatoms. The molecule has 0 aromatic heterocycles. The van der Waals surface area contributed by atoms with Gasteiger partial charge in [0, 0.05) is 19.1 Å². The van der Waals surface area contributed by atoms with Crippen molar-refractivity contribution in [3.05, 3.63) is 12.2 Å². The molecule has 0 spiro atoms. The topological polar surface area (TPSA) is 15.3 Å². The SMILES string of the molecule is C=C(CNC(C)C)CN(C)CCC(C)C. The van der Waals surface area contributed by atoms with Crippen molar-refractivity contribution < 1.29 is 0 Å². The first-order valence-electron chi connectivity index (χ1n) is 6.00. The molecule has 0 bridgehead atoms. The van der Waals surface area contributed by atoms with Crippen LogP contribution in [0.4, 0.5) is 0 Å². The van der Waals surface area contributed by atoms with Crippen LogP contribution in [-0.2, 0) is 0 Å². The molecule has 0 amide bonds. The zero-order chi connectivity index (χ0) is 11.8. The average Bonchev–Trinajstić information content (AvgIpc) is 2.11. The lowest BCUT2D eigenvalue weighted by Crippen LogP contribution is -2.30. The fraction of sp³-hybridized carbons (Fsp3) is 0.846. The summed E-state index contributed by atoms with van der Waals surface area (Å²) >= 11 is 0. The number of rotatable bonds is 8. The minimum atomic E-state index is 0.544. The van der Waals surface area contributed by atoms with Gasteiger partial charge in [0.15, 0.2) is 0 Å². The fourth-order valence-corrected chi connectivity index (χ4v) is 1.34. The van der Waals surface area contributed by atoms with Gasteiger partial charge in [-0.05, 0) is 31.5 Å². The lowest BCUT2D eigenvalue weighted by atomic mass is 10.1. The molecule has 0 fully saturated rings. The molecule has 2 nitrogen and oxygen atoms in total. The Morgan fingerprint density at radius 1 is 1.27 bits per heavy atom. The third kappa shape index (κ3) is 9.95. The van der Waals surface area contributed by atoms with Crippen molar-refractivity contribution in [3.63, 3.8) is 0 Å². The summed E-state index contributed by atoms with van der Waals surface area (Å²) in [7, 11) is 2.17. The standard InChI is InChI=1S/C13H28N2/c1-11(2)7-8-15(6)10-13(5)9-14-12(3)4/h11-12,14H,5,7-10H2,1-4,6H3. The molecule has 0 unspecified atom stereocenters. The monoisotopic (exact) mass is 212 g/mol. The molecule has 15 heavy (non-hydrogen) atoms. The third-order valence-electron chi connectivity index (χ3n) is 2.34. The molecule has 0 aromatic carbocycles. The molecule has 0 saturated carbocycles. The Labute approximate surface area is 95.7 Å². The zero-order valence-electron chi connectivity index (χ0n) is 11.1. The van der Waals surface area contributed by atoms with E-state index < -0.39 is 0 Å². The Bertz CT molecular complexity index is 173. The van der Waals surface area contributed by atoms with E-state index in [0.29, 0.717) is 6.04 Å². The fourth-order valence-electron chi connectivity index (χ4n) is 1.34. The smallest absolute Gasteiger partial charge is 0.0199 e. The normalized spacial score (nSPS) is 11.7. The van der Waals surface area contributed by atoms with Crippen LogP contribution >= 0.6 is 0 Å². The van der Waals surface area contributed by atoms with Crippen molar-refractivity contribution in [2.75, 3.05) is 26.7 Å². The maximum Gasteiger partial charge on any atom is 0.0199 e. The van der Waals surface area contributed by atoms with E-state index in [4.69, 9.17) is 0 Å². The van der Waals surface area contributed by atoms with E-state index >= 15 is 0 Å². The van der Waals surface area contributed by atoms with E-state index in [9.17, 15) is 0 Å². The van der Waals surface area contributed by atoms with Gasteiger partial charge < -0.3 is 10.2 Å². The number of hydrogen-bond acceptors (Lipinski definition) is 2. The molecular weight excluding hydrogens is 184 g/mol. The van der Waals surface area contributed by atoms with Crippen molar-refractivity contribution in [1.82, 2.24) is 10.2 Å². The van der Waals surface area contributed by atoms with Crippen molar-refractivity contribution in [3.8, 4) is 0 Å². The average molecular weight is 212 g/mol. The first kappa shape index (κ1) is 14.7. The first-order valence-corrected chi connectivity index (χ1v) is 6.00. The minimum Gasteiger partial charge on any atom is -0.311 e. The summed E-state index contributed by atoms with van der Waals surface area (Å²) in [4.78, 5) is 2.35. The van der Waals surface area contributed by atoms with Crippen LogP contribution in [0.5, 0.6) is 0 Å². The van der Waals surface area contributed by atoms with Gasteiger partial charge in [-0.25, -0.2) is 0 Å². The Kier molecular flexibility index (Phi) is 7.71. The molecular formula is C13H28N2. The van der Waals surface area contributed by atoms with E-state index in [1.807, 2.05) is 0 Å². The van der Waals surface area contributed by atoms with Crippen LogP contribution in [0.25, 0.3) is 0 Å². The molecule has 0 aliphatic carbocycles. The summed E-state index contributed by atoms with van der Waals surface area (Å²) in [5.41, 5.74) is 1.27. The molecule has 0 rings (SSSR count). The highest BCUT2D eigenvalue weighted by atomic mass is 15.1. The summed E-state index contributed by atoms with van der Waals surface area (Å²) in [5.74, 6) is 0.787. The van der Waals surface area contributed by atoms with Crippen LogP contribution in [0.3, 0.4) is 0 Å². The maximum absolute atomic E-state index is 4.09.